The lowest BCUT2D eigenvalue weighted by Gasteiger charge is -2.42. The van der Waals surface area contributed by atoms with Crippen LogP contribution in [0.1, 0.15) is 26.3 Å². The second-order valence-corrected chi connectivity index (χ2v) is 6.54. The van der Waals surface area contributed by atoms with E-state index >= 15 is 0 Å². The van der Waals surface area contributed by atoms with Gasteiger partial charge in [0.25, 0.3) is 0 Å². The summed E-state index contributed by atoms with van der Waals surface area (Å²) in [7, 11) is 0. The highest BCUT2D eigenvalue weighted by molar-refractivity contribution is 5.95. The van der Waals surface area contributed by atoms with Crippen molar-refractivity contribution < 1.29 is 28.5 Å². The van der Waals surface area contributed by atoms with E-state index in [9.17, 15) is 22.4 Å². The quantitative estimate of drug-likeness (QED) is 0.834. The van der Waals surface area contributed by atoms with Crippen LogP contribution in [0.5, 0.6) is 0 Å². The van der Waals surface area contributed by atoms with Gasteiger partial charge in [-0.05, 0) is 43.4 Å². The Bertz CT molecular complexity index is 636. The maximum Gasteiger partial charge on any atom is 0.419 e. The molecule has 1 atom stereocenters. The summed E-state index contributed by atoms with van der Waals surface area (Å²) in [6, 6.07) is 2.12. The molecule has 0 bridgehead atoms. The third-order valence-corrected chi connectivity index (χ3v) is 4.81. The number of benzene rings is 1. The molecule has 25 heavy (non-hydrogen) atoms. The Morgan fingerprint density at radius 2 is 2.00 bits per heavy atom. The van der Waals surface area contributed by atoms with Gasteiger partial charge in [-0.1, -0.05) is 0 Å². The van der Waals surface area contributed by atoms with Gasteiger partial charge >= 0.3 is 6.18 Å². The van der Waals surface area contributed by atoms with Crippen LogP contribution in [0, 0.1) is 11.7 Å². The van der Waals surface area contributed by atoms with Crippen molar-refractivity contribution in [1.82, 2.24) is 4.90 Å². The summed E-state index contributed by atoms with van der Waals surface area (Å²) < 4.78 is 56.6. The fourth-order valence-corrected chi connectivity index (χ4v) is 3.27. The number of nitrogens with one attached hydrogen (secondary N) is 1. The number of halogens is 4. The molecule has 0 aromatic heterocycles. The third-order valence-electron chi connectivity index (χ3n) is 4.81. The van der Waals surface area contributed by atoms with Gasteiger partial charge in [-0.2, -0.15) is 13.2 Å². The standard InChI is InChI=1S/C17H20F4N2O2.H2/c18-14-9-12(1-2-13(14)17(19,20)21)22-16(24)15-3-6-23(15)10-11-4-7-25-8-5-11;/h1-2,9,11,15H,3-8,10H2,(H,22,24);1H/t15-;/m0./s1. The molecule has 1 aromatic carbocycles. The molecule has 2 aliphatic rings. The number of nitrogens with zero attached hydrogens (tertiary/aromatic N) is 1. The zero-order chi connectivity index (χ0) is 18.0. The highest BCUT2D eigenvalue weighted by Crippen LogP contribution is 2.32. The third kappa shape index (κ3) is 4.30. The Morgan fingerprint density at radius 3 is 2.56 bits per heavy atom. The fraction of sp³-hybridized carbons (Fsp3) is 0.588. The zero-order valence-corrected chi connectivity index (χ0v) is 13.6. The first-order valence-electron chi connectivity index (χ1n) is 8.34. The second kappa shape index (κ2) is 7.29. The monoisotopic (exact) mass is 362 g/mol. The summed E-state index contributed by atoms with van der Waals surface area (Å²) in [6.07, 6.45) is -2.12. The number of rotatable bonds is 4. The van der Waals surface area contributed by atoms with Crippen LogP contribution in [-0.2, 0) is 15.7 Å². The molecule has 0 saturated carbocycles. The lowest BCUT2D eigenvalue weighted by molar-refractivity contribution is -0.140. The van der Waals surface area contributed by atoms with E-state index in [-0.39, 0.29) is 19.1 Å². The first-order valence-corrected chi connectivity index (χ1v) is 8.34. The molecule has 2 saturated heterocycles. The summed E-state index contributed by atoms with van der Waals surface area (Å²) in [6.45, 7) is 3.10. The molecule has 140 valence electrons. The molecule has 2 fully saturated rings. The van der Waals surface area contributed by atoms with Gasteiger partial charge < -0.3 is 10.1 Å². The highest BCUT2D eigenvalue weighted by atomic mass is 19.4. The molecule has 1 N–H and O–H groups in total. The molecule has 2 heterocycles. The highest BCUT2D eigenvalue weighted by Gasteiger charge is 2.36. The minimum Gasteiger partial charge on any atom is -0.381 e. The number of amides is 1. The number of hydrogen-bond acceptors (Lipinski definition) is 3. The van der Waals surface area contributed by atoms with Gasteiger partial charge in [0.1, 0.15) is 5.82 Å². The lowest BCUT2D eigenvalue weighted by atomic mass is 9.94. The summed E-state index contributed by atoms with van der Waals surface area (Å²) in [4.78, 5) is 14.4. The number of anilines is 1. The first kappa shape index (κ1) is 18.1. The molecule has 8 heteroatoms. The summed E-state index contributed by atoms with van der Waals surface area (Å²) >= 11 is 0. The molecular weight excluding hydrogens is 340 g/mol. The number of hydrogen-bond donors (Lipinski definition) is 1. The normalized spacial score (nSPS) is 22.5. The van der Waals surface area contributed by atoms with Gasteiger partial charge in [-0.15, -0.1) is 0 Å². The fourth-order valence-electron chi connectivity index (χ4n) is 3.27. The van der Waals surface area contributed by atoms with Crippen molar-refractivity contribution in [1.29, 1.82) is 0 Å². The molecule has 0 aliphatic carbocycles. The van der Waals surface area contributed by atoms with Crippen molar-refractivity contribution in [2.24, 2.45) is 5.92 Å². The van der Waals surface area contributed by atoms with Crippen LogP contribution in [0.3, 0.4) is 0 Å². The van der Waals surface area contributed by atoms with Gasteiger partial charge in [-0.25, -0.2) is 4.39 Å². The van der Waals surface area contributed by atoms with E-state index in [1.807, 2.05) is 0 Å². The lowest BCUT2D eigenvalue weighted by Crippen LogP contribution is -2.55. The van der Waals surface area contributed by atoms with Crippen molar-refractivity contribution in [2.45, 2.75) is 31.5 Å². The molecule has 1 aromatic rings. The van der Waals surface area contributed by atoms with E-state index in [0.717, 1.165) is 45.2 Å². The van der Waals surface area contributed by atoms with Crippen LogP contribution >= 0.6 is 0 Å². The van der Waals surface area contributed by atoms with E-state index in [1.54, 1.807) is 0 Å². The number of ether oxygens (including phenoxy) is 1. The van der Waals surface area contributed by atoms with Crippen LogP contribution in [-0.4, -0.2) is 43.2 Å². The summed E-state index contributed by atoms with van der Waals surface area (Å²) in [5, 5.41) is 2.52. The number of carbonyl (C=O) groups is 1. The number of likely N-dealkylation sites (tertiary alicyclic amines) is 1. The summed E-state index contributed by atoms with van der Waals surface area (Å²) in [5.41, 5.74) is -1.30. The Morgan fingerprint density at radius 1 is 1.28 bits per heavy atom. The van der Waals surface area contributed by atoms with Crippen LogP contribution in [0.15, 0.2) is 18.2 Å². The Kier molecular flexibility index (Phi) is 5.29. The molecule has 1 amide bonds. The Hall–Kier alpha value is -1.67. The molecule has 3 rings (SSSR count). The zero-order valence-electron chi connectivity index (χ0n) is 13.6. The number of alkyl halides is 3. The van der Waals surface area contributed by atoms with Gasteiger partial charge in [0.05, 0.1) is 11.6 Å². The van der Waals surface area contributed by atoms with Gasteiger partial charge in [-0.3, -0.25) is 9.69 Å². The average molecular weight is 362 g/mol. The molecule has 4 nitrogen and oxygen atoms in total. The van der Waals surface area contributed by atoms with Gasteiger partial charge in [0.2, 0.25) is 5.91 Å². The van der Waals surface area contributed by atoms with Crippen molar-refractivity contribution in [3.8, 4) is 0 Å². The first-order chi connectivity index (χ1) is 11.8. The second-order valence-electron chi connectivity index (χ2n) is 6.54. The minimum absolute atomic E-state index is 0. The largest absolute Gasteiger partial charge is 0.419 e. The Balaban J connectivity index is 0.00000243. The van der Waals surface area contributed by atoms with Crippen molar-refractivity contribution in [2.75, 3.05) is 31.6 Å². The minimum atomic E-state index is -4.75. The molecule has 2 aliphatic heterocycles. The topological polar surface area (TPSA) is 41.6 Å². The maximum atomic E-state index is 13.6. The van der Waals surface area contributed by atoms with E-state index in [2.05, 4.69) is 10.2 Å². The van der Waals surface area contributed by atoms with Crippen LogP contribution in [0.25, 0.3) is 0 Å². The maximum absolute atomic E-state index is 13.6. The molecular formula is C17H22F4N2O2. The Labute approximate surface area is 144 Å². The van der Waals surface area contributed by atoms with E-state index in [0.29, 0.717) is 24.5 Å². The predicted molar refractivity (Wildman–Crippen MR) is 85.7 cm³/mol. The van der Waals surface area contributed by atoms with Crippen molar-refractivity contribution >= 4 is 11.6 Å². The van der Waals surface area contributed by atoms with Crippen molar-refractivity contribution in [3.63, 3.8) is 0 Å². The van der Waals surface area contributed by atoms with Gasteiger partial charge in [0, 0.05) is 33.4 Å². The van der Waals surface area contributed by atoms with E-state index in [1.165, 1.54) is 0 Å². The van der Waals surface area contributed by atoms with Gasteiger partial charge in [0.15, 0.2) is 0 Å². The average Bonchev–Trinajstić information content (AvgIpc) is 2.51. The van der Waals surface area contributed by atoms with Crippen molar-refractivity contribution in [3.05, 3.63) is 29.6 Å². The SMILES string of the molecule is O=C(Nc1ccc(C(F)(F)F)c(F)c1)[C@@H]1CCN1CC1CCOCC1.[HH]. The smallest absolute Gasteiger partial charge is 0.381 e. The van der Waals surface area contributed by atoms with E-state index < -0.39 is 17.6 Å². The van der Waals surface area contributed by atoms with Crippen LogP contribution in [0.2, 0.25) is 0 Å². The molecule has 0 unspecified atom stereocenters. The molecule has 0 spiro atoms. The number of carbonyl (C=O) groups excluding carboxylic acids is 1. The molecule has 0 radical (unpaired) electrons. The summed E-state index contributed by atoms with van der Waals surface area (Å²) in [5.74, 6) is -1.21. The van der Waals surface area contributed by atoms with E-state index in [4.69, 9.17) is 4.74 Å². The van der Waals surface area contributed by atoms with Crippen LogP contribution < -0.4 is 5.32 Å². The van der Waals surface area contributed by atoms with Crippen LogP contribution in [0.4, 0.5) is 23.2 Å². The predicted octanol–water partition coefficient (Wildman–Crippen LogP) is 3.53.